The molecule has 2 unspecified atom stereocenters. The molecule has 1 saturated heterocycles. The third kappa shape index (κ3) is 3.31. The van der Waals surface area contributed by atoms with Crippen molar-refractivity contribution in [3.8, 4) is 0 Å². The zero-order valence-corrected chi connectivity index (χ0v) is 12.2. The van der Waals surface area contributed by atoms with E-state index in [4.69, 9.17) is 4.74 Å². The molecule has 0 spiro atoms. The maximum Gasteiger partial charge on any atom is 0.137 e. The van der Waals surface area contributed by atoms with Crippen LogP contribution in [0.1, 0.15) is 31.4 Å². The van der Waals surface area contributed by atoms with E-state index < -0.39 is 0 Å². The van der Waals surface area contributed by atoms with Crippen LogP contribution >= 0.6 is 15.9 Å². The first-order chi connectivity index (χ1) is 8.72. The minimum atomic E-state index is -0.212. The summed E-state index contributed by atoms with van der Waals surface area (Å²) >= 11 is 3.26. The zero-order chi connectivity index (χ0) is 13.0. The second-order valence-corrected chi connectivity index (χ2v) is 5.58. The molecule has 1 aliphatic rings. The van der Waals surface area contributed by atoms with E-state index in [1.807, 2.05) is 12.1 Å². The van der Waals surface area contributed by atoms with Crippen molar-refractivity contribution in [3.63, 3.8) is 0 Å². The van der Waals surface area contributed by atoms with Gasteiger partial charge in [0.2, 0.25) is 0 Å². The molecule has 2 rings (SSSR count). The quantitative estimate of drug-likeness (QED) is 0.895. The van der Waals surface area contributed by atoms with E-state index in [1.54, 1.807) is 0 Å². The Morgan fingerprint density at radius 1 is 1.56 bits per heavy atom. The third-order valence-corrected chi connectivity index (χ3v) is 3.96. The van der Waals surface area contributed by atoms with Gasteiger partial charge in [0.25, 0.3) is 0 Å². The van der Waals surface area contributed by atoms with Gasteiger partial charge in [-0.2, -0.15) is 0 Å². The molecule has 2 atom stereocenters. The Morgan fingerprint density at radius 3 is 3.00 bits per heavy atom. The first kappa shape index (κ1) is 14.0. The van der Waals surface area contributed by atoms with E-state index in [9.17, 15) is 4.39 Å². The summed E-state index contributed by atoms with van der Waals surface area (Å²) in [5.41, 5.74) is 1.13. The number of ether oxygens (including phenoxy) is 1. The first-order valence-electron chi connectivity index (χ1n) is 6.48. The van der Waals surface area contributed by atoms with Crippen LogP contribution in [0.15, 0.2) is 22.7 Å². The second-order valence-electron chi connectivity index (χ2n) is 4.73. The van der Waals surface area contributed by atoms with Gasteiger partial charge in [-0.3, -0.25) is 0 Å². The van der Waals surface area contributed by atoms with Gasteiger partial charge in [0, 0.05) is 18.6 Å². The molecule has 1 aromatic carbocycles. The Kier molecular flexibility index (Phi) is 5.15. The fourth-order valence-corrected chi connectivity index (χ4v) is 2.77. The average molecular weight is 316 g/mol. The Hall–Kier alpha value is -0.450. The lowest BCUT2D eigenvalue weighted by Crippen LogP contribution is -2.29. The summed E-state index contributed by atoms with van der Waals surface area (Å²) in [7, 11) is 0. The molecule has 18 heavy (non-hydrogen) atoms. The molecule has 1 N–H and O–H groups in total. The van der Waals surface area contributed by atoms with Gasteiger partial charge >= 0.3 is 0 Å². The van der Waals surface area contributed by atoms with Gasteiger partial charge in [-0.15, -0.1) is 0 Å². The highest BCUT2D eigenvalue weighted by molar-refractivity contribution is 9.10. The van der Waals surface area contributed by atoms with Crippen molar-refractivity contribution in [2.24, 2.45) is 5.92 Å². The molecule has 0 saturated carbocycles. The number of halogens is 2. The minimum Gasteiger partial charge on any atom is -0.381 e. The van der Waals surface area contributed by atoms with Crippen molar-refractivity contribution in [2.45, 2.75) is 25.8 Å². The van der Waals surface area contributed by atoms with Crippen LogP contribution in [-0.2, 0) is 4.74 Å². The SMILES string of the molecule is CCCNC(c1ccc(F)c(Br)c1)C1CCOC1. The fraction of sp³-hybridized carbons (Fsp3) is 0.571. The summed E-state index contributed by atoms with van der Waals surface area (Å²) in [5, 5.41) is 3.55. The molecule has 1 aromatic rings. The van der Waals surface area contributed by atoms with Gasteiger partial charge in [0.1, 0.15) is 5.82 Å². The van der Waals surface area contributed by atoms with Gasteiger partial charge in [-0.05, 0) is 53.0 Å². The second kappa shape index (κ2) is 6.64. The molecule has 0 aromatic heterocycles. The Morgan fingerprint density at radius 2 is 2.39 bits per heavy atom. The van der Waals surface area contributed by atoms with Gasteiger partial charge in [-0.1, -0.05) is 13.0 Å². The average Bonchev–Trinajstić information content (AvgIpc) is 2.88. The lowest BCUT2D eigenvalue weighted by atomic mass is 9.92. The van der Waals surface area contributed by atoms with Gasteiger partial charge in [0.15, 0.2) is 0 Å². The molecule has 0 amide bonds. The summed E-state index contributed by atoms with van der Waals surface area (Å²) in [6.45, 7) is 4.74. The van der Waals surface area contributed by atoms with E-state index in [2.05, 4.69) is 28.2 Å². The molecular formula is C14H19BrFNO. The predicted molar refractivity (Wildman–Crippen MR) is 74.1 cm³/mol. The monoisotopic (exact) mass is 315 g/mol. The Labute approximate surface area is 116 Å². The lowest BCUT2D eigenvalue weighted by Gasteiger charge is -2.24. The summed E-state index contributed by atoms with van der Waals surface area (Å²) < 4.78 is 19.3. The molecule has 1 fully saturated rings. The molecule has 100 valence electrons. The fourth-order valence-electron chi connectivity index (χ4n) is 2.38. The number of hydrogen-bond acceptors (Lipinski definition) is 2. The van der Waals surface area contributed by atoms with Gasteiger partial charge < -0.3 is 10.1 Å². The van der Waals surface area contributed by atoms with E-state index >= 15 is 0 Å². The molecule has 0 aliphatic carbocycles. The van der Waals surface area contributed by atoms with Crippen molar-refractivity contribution in [2.75, 3.05) is 19.8 Å². The molecule has 1 heterocycles. The minimum absolute atomic E-state index is 0.212. The van der Waals surface area contributed by atoms with Crippen LogP contribution in [0.4, 0.5) is 4.39 Å². The highest BCUT2D eigenvalue weighted by atomic mass is 79.9. The van der Waals surface area contributed by atoms with Crippen LogP contribution in [0.2, 0.25) is 0 Å². The molecule has 4 heteroatoms. The van der Waals surface area contributed by atoms with Crippen molar-refractivity contribution in [1.82, 2.24) is 5.32 Å². The number of rotatable bonds is 5. The van der Waals surface area contributed by atoms with Crippen molar-refractivity contribution >= 4 is 15.9 Å². The predicted octanol–water partition coefficient (Wildman–Crippen LogP) is 3.67. The van der Waals surface area contributed by atoms with Gasteiger partial charge in [0.05, 0.1) is 11.1 Å². The normalized spacial score (nSPS) is 21.2. The van der Waals surface area contributed by atoms with Crippen LogP contribution in [0.3, 0.4) is 0 Å². The first-order valence-corrected chi connectivity index (χ1v) is 7.27. The number of hydrogen-bond donors (Lipinski definition) is 1. The van der Waals surface area contributed by atoms with E-state index in [-0.39, 0.29) is 11.9 Å². The number of nitrogens with one attached hydrogen (secondary N) is 1. The Balaban J connectivity index is 2.17. The molecular weight excluding hydrogens is 297 g/mol. The zero-order valence-electron chi connectivity index (χ0n) is 10.6. The highest BCUT2D eigenvalue weighted by Crippen LogP contribution is 2.31. The van der Waals surface area contributed by atoms with Crippen LogP contribution in [-0.4, -0.2) is 19.8 Å². The summed E-state index contributed by atoms with van der Waals surface area (Å²) in [6.07, 6.45) is 2.16. The van der Waals surface area contributed by atoms with Crippen molar-refractivity contribution in [3.05, 3.63) is 34.1 Å². The summed E-state index contributed by atoms with van der Waals surface area (Å²) in [4.78, 5) is 0. The summed E-state index contributed by atoms with van der Waals surface area (Å²) in [6, 6.07) is 5.52. The topological polar surface area (TPSA) is 21.3 Å². The maximum atomic E-state index is 13.3. The van der Waals surface area contributed by atoms with Crippen molar-refractivity contribution in [1.29, 1.82) is 0 Å². The smallest absolute Gasteiger partial charge is 0.137 e. The molecule has 0 bridgehead atoms. The maximum absolute atomic E-state index is 13.3. The van der Waals surface area contributed by atoms with E-state index in [0.29, 0.717) is 10.4 Å². The lowest BCUT2D eigenvalue weighted by molar-refractivity contribution is 0.176. The van der Waals surface area contributed by atoms with Crippen molar-refractivity contribution < 1.29 is 9.13 Å². The number of benzene rings is 1. The molecule has 2 nitrogen and oxygen atoms in total. The molecule has 1 aliphatic heterocycles. The van der Waals surface area contributed by atoms with Crippen LogP contribution in [0.5, 0.6) is 0 Å². The van der Waals surface area contributed by atoms with Crippen LogP contribution in [0, 0.1) is 11.7 Å². The van der Waals surface area contributed by atoms with Crippen LogP contribution in [0.25, 0.3) is 0 Å². The van der Waals surface area contributed by atoms with E-state index in [1.165, 1.54) is 6.07 Å². The van der Waals surface area contributed by atoms with Crippen LogP contribution < -0.4 is 5.32 Å². The molecule has 0 radical (unpaired) electrons. The van der Waals surface area contributed by atoms with Gasteiger partial charge in [-0.25, -0.2) is 4.39 Å². The highest BCUT2D eigenvalue weighted by Gasteiger charge is 2.26. The summed E-state index contributed by atoms with van der Waals surface area (Å²) in [5.74, 6) is 0.268. The Bertz CT molecular complexity index is 393. The largest absolute Gasteiger partial charge is 0.381 e. The van der Waals surface area contributed by atoms with E-state index in [0.717, 1.165) is 38.2 Å². The standard InChI is InChI=1S/C14H19BrFNO/c1-2-6-17-14(11-5-7-18-9-11)10-3-4-13(16)12(15)8-10/h3-4,8,11,14,17H,2,5-7,9H2,1H3. The third-order valence-electron chi connectivity index (χ3n) is 3.35.